The molecule has 1 aromatic rings. The molecule has 0 saturated carbocycles. The van der Waals surface area contributed by atoms with Crippen LogP contribution < -0.4 is 5.32 Å². The van der Waals surface area contributed by atoms with E-state index in [1.54, 1.807) is 0 Å². The van der Waals surface area contributed by atoms with Crippen LogP contribution in [-0.4, -0.2) is 25.4 Å². The molecule has 1 unspecified atom stereocenters. The van der Waals surface area contributed by atoms with E-state index >= 15 is 0 Å². The number of likely N-dealkylation sites (N-methyl/N-ethyl adjacent to an activating group) is 1. The van der Waals surface area contributed by atoms with Gasteiger partial charge in [-0.25, -0.2) is 4.39 Å². The molecule has 0 fully saturated rings. The van der Waals surface area contributed by atoms with Gasteiger partial charge in [-0.3, -0.25) is 0 Å². The average molecular weight is 303 g/mol. The Labute approximate surface area is 110 Å². The fourth-order valence-corrected chi connectivity index (χ4v) is 1.95. The molecule has 0 saturated heterocycles. The first kappa shape index (κ1) is 16.7. The maximum absolute atomic E-state index is 12.9. The van der Waals surface area contributed by atoms with Gasteiger partial charge in [0.1, 0.15) is 5.82 Å². The van der Waals surface area contributed by atoms with E-state index in [0.717, 1.165) is 19.2 Å². The summed E-state index contributed by atoms with van der Waals surface area (Å²) < 4.78 is 88.5. The van der Waals surface area contributed by atoms with E-state index in [-0.39, 0.29) is 5.56 Å². The summed E-state index contributed by atoms with van der Waals surface area (Å²) in [6, 6.07) is 2.55. The van der Waals surface area contributed by atoms with Gasteiger partial charge in [0.25, 0.3) is 0 Å². The summed E-state index contributed by atoms with van der Waals surface area (Å²) in [6.07, 6.45) is -11.4. The minimum absolute atomic E-state index is 0.0582. The predicted molar refractivity (Wildman–Crippen MR) is 58.6 cm³/mol. The minimum atomic E-state index is -5.43. The van der Waals surface area contributed by atoms with Crippen LogP contribution in [0.25, 0.3) is 0 Å². The van der Waals surface area contributed by atoms with Crippen LogP contribution in [0.15, 0.2) is 24.3 Å². The summed E-state index contributed by atoms with van der Waals surface area (Å²) in [7, 11) is 1.01. The average Bonchev–Trinajstić information content (AvgIpc) is 2.24. The van der Waals surface area contributed by atoms with E-state index in [0.29, 0.717) is 0 Å². The highest BCUT2D eigenvalue weighted by molar-refractivity contribution is 5.18. The second kappa shape index (κ2) is 5.99. The highest BCUT2D eigenvalue weighted by Gasteiger charge is 2.59. The lowest BCUT2D eigenvalue weighted by molar-refractivity contribution is -0.291. The highest BCUT2D eigenvalue weighted by Crippen LogP contribution is 2.42. The molecule has 0 aliphatic rings. The standard InChI is InChI=1S/C12H12F7N/c1-20-9(6-7-3-2-4-8(13)5-7)10(11(14,15)16)12(17,18)19/h2-5,9-10,20H,6H2,1H3. The van der Waals surface area contributed by atoms with Crippen molar-refractivity contribution in [2.24, 2.45) is 5.92 Å². The Balaban J connectivity index is 3.03. The molecule has 0 aliphatic heterocycles. The molecule has 1 rings (SSSR count). The lowest BCUT2D eigenvalue weighted by atomic mass is 9.92. The zero-order valence-corrected chi connectivity index (χ0v) is 10.3. The first-order chi connectivity index (χ1) is 9.05. The van der Waals surface area contributed by atoms with Gasteiger partial charge in [0.2, 0.25) is 0 Å². The molecule has 0 bridgehead atoms. The summed E-state index contributed by atoms with van der Waals surface area (Å²) in [5, 5.41) is 2.02. The quantitative estimate of drug-likeness (QED) is 0.836. The first-order valence-corrected chi connectivity index (χ1v) is 5.61. The number of halogens is 7. The van der Waals surface area contributed by atoms with Crippen molar-refractivity contribution in [3.63, 3.8) is 0 Å². The minimum Gasteiger partial charge on any atom is -0.316 e. The molecule has 114 valence electrons. The van der Waals surface area contributed by atoms with Crippen LogP contribution in [0, 0.1) is 11.7 Å². The van der Waals surface area contributed by atoms with Gasteiger partial charge >= 0.3 is 12.4 Å². The normalized spacial score (nSPS) is 14.7. The molecule has 0 amide bonds. The SMILES string of the molecule is CNC(Cc1cccc(F)c1)C(C(F)(F)F)C(F)(F)F. The van der Waals surface area contributed by atoms with Gasteiger partial charge < -0.3 is 5.32 Å². The van der Waals surface area contributed by atoms with Crippen LogP contribution in [0.2, 0.25) is 0 Å². The summed E-state index contributed by atoms with van der Waals surface area (Å²) >= 11 is 0. The molecular formula is C12H12F7N. The number of hydrogen-bond acceptors (Lipinski definition) is 1. The first-order valence-electron chi connectivity index (χ1n) is 5.61. The number of hydrogen-bond donors (Lipinski definition) is 1. The van der Waals surface area contributed by atoms with Gasteiger partial charge in [-0.2, -0.15) is 26.3 Å². The van der Waals surface area contributed by atoms with E-state index in [2.05, 4.69) is 0 Å². The highest BCUT2D eigenvalue weighted by atomic mass is 19.4. The molecule has 8 heteroatoms. The number of benzene rings is 1. The van der Waals surface area contributed by atoms with E-state index in [4.69, 9.17) is 0 Å². The molecule has 0 heterocycles. The van der Waals surface area contributed by atoms with E-state index in [9.17, 15) is 30.7 Å². The molecule has 1 N–H and O–H groups in total. The zero-order valence-electron chi connectivity index (χ0n) is 10.3. The third-order valence-corrected chi connectivity index (χ3v) is 2.82. The zero-order chi connectivity index (χ0) is 15.6. The van der Waals surface area contributed by atoms with Gasteiger partial charge in [-0.1, -0.05) is 12.1 Å². The Kier molecular flexibility index (Phi) is 5.01. The Morgan fingerprint density at radius 2 is 1.60 bits per heavy atom. The largest absolute Gasteiger partial charge is 0.402 e. The molecule has 1 atom stereocenters. The summed E-state index contributed by atoms with van der Waals surface area (Å²) in [5.41, 5.74) is 0.0582. The Morgan fingerprint density at radius 3 is 2.00 bits per heavy atom. The number of rotatable bonds is 4. The molecule has 0 aliphatic carbocycles. The molecule has 1 nitrogen and oxygen atoms in total. The van der Waals surface area contributed by atoms with Crippen LogP contribution in [0.4, 0.5) is 30.7 Å². The van der Waals surface area contributed by atoms with Gasteiger partial charge in [0.05, 0.1) is 0 Å². The van der Waals surface area contributed by atoms with Gasteiger partial charge in [-0.15, -0.1) is 0 Å². The number of alkyl halides is 6. The Bertz CT molecular complexity index is 424. The number of nitrogens with one attached hydrogen (secondary N) is 1. The van der Waals surface area contributed by atoms with Crippen molar-refractivity contribution >= 4 is 0 Å². The van der Waals surface area contributed by atoms with Crippen molar-refractivity contribution in [1.82, 2.24) is 5.32 Å². The second-order valence-electron chi connectivity index (χ2n) is 4.29. The molecule has 0 spiro atoms. The van der Waals surface area contributed by atoms with Crippen molar-refractivity contribution in [2.75, 3.05) is 7.05 Å². The molecule has 0 aromatic heterocycles. The third kappa shape index (κ3) is 4.36. The van der Waals surface area contributed by atoms with Crippen molar-refractivity contribution in [2.45, 2.75) is 24.8 Å². The smallest absolute Gasteiger partial charge is 0.316 e. The summed E-state index contributed by atoms with van der Waals surface area (Å²) in [4.78, 5) is 0. The Morgan fingerprint density at radius 1 is 1.05 bits per heavy atom. The maximum Gasteiger partial charge on any atom is 0.402 e. The topological polar surface area (TPSA) is 12.0 Å². The lowest BCUT2D eigenvalue weighted by Gasteiger charge is -2.30. The Hall–Kier alpha value is -1.31. The summed E-state index contributed by atoms with van der Waals surface area (Å²) in [6.45, 7) is 0. The van der Waals surface area contributed by atoms with Crippen LogP contribution in [0.3, 0.4) is 0 Å². The van der Waals surface area contributed by atoms with E-state index in [1.807, 2.05) is 5.32 Å². The van der Waals surface area contributed by atoms with Gasteiger partial charge in [0.15, 0.2) is 5.92 Å². The van der Waals surface area contributed by atoms with E-state index < -0.39 is 36.6 Å². The molecule has 0 radical (unpaired) electrons. The van der Waals surface area contributed by atoms with Crippen LogP contribution in [0.5, 0.6) is 0 Å². The lowest BCUT2D eigenvalue weighted by Crippen LogP contribution is -2.51. The molecule has 1 aromatic carbocycles. The van der Waals surface area contributed by atoms with Crippen LogP contribution in [0.1, 0.15) is 5.56 Å². The van der Waals surface area contributed by atoms with E-state index in [1.165, 1.54) is 12.1 Å². The van der Waals surface area contributed by atoms with Crippen LogP contribution in [-0.2, 0) is 6.42 Å². The van der Waals surface area contributed by atoms with Crippen molar-refractivity contribution in [3.8, 4) is 0 Å². The third-order valence-electron chi connectivity index (χ3n) is 2.82. The molecule has 20 heavy (non-hydrogen) atoms. The van der Waals surface area contributed by atoms with Gasteiger partial charge in [-0.05, 0) is 31.2 Å². The maximum atomic E-state index is 12.9. The van der Waals surface area contributed by atoms with Crippen molar-refractivity contribution in [1.29, 1.82) is 0 Å². The van der Waals surface area contributed by atoms with Crippen molar-refractivity contribution < 1.29 is 30.7 Å². The monoisotopic (exact) mass is 303 g/mol. The molecular weight excluding hydrogens is 291 g/mol. The summed E-state index contributed by atoms with van der Waals surface area (Å²) in [5.74, 6) is -4.23. The fraction of sp³-hybridized carbons (Fsp3) is 0.500. The predicted octanol–water partition coefficient (Wildman–Crippen LogP) is 3.70. The van der Waals surface area contributed by atoms with Gasteiger partial charge in [0, 0.05) is 6.04 Å². The fourth-order valence-electron chi connectivity index (χ4n) is 1.95. The van der Waals surface area contributed by atoms with Crippen LogP contribution >= 0.6 is 0 Å². The van der Waals surface area contributed by atoms with Crippen molar-refractivity contribution in [3.05, 3.63) is 35.6 Å². The second-order valence-corrected chi connectivity index (χ2v) is 4.29.